The zero-order chi connectivity index (χ0) is 28.0. The number of anilines is 2. The van der Waals surface area contributed by atoms with Gasteiger partial charge in [0, 0.05) is 35.6 Å². The molecular formula is C32H32Cl2N4OS. The Balaban J connectivity index is 1.39. The van der Waals surface area contributed by atoms with Gasteiger partial charge in [-0.2, -0.15) is 0 Å². The molecule has 2 fully saturated rings. The third kappa shape index (κ3) is 5.20. The molecule has 40 heavy (non-hydrogen) atoms. The van der Waals surface area contributed by atoms with Gasteiger partial charge in [-0.1, -0.05) is 49.2 Å². The average molecular weight is 592 g/mol. The van der Waals surface area contributed by atoms with Crippen molar-refractivity contribution in [3.63, 3.8) is 0 Å². The minimum atomic E-state index is -0.271. The largest absolute Gasteiger partial charge is 0.459 e. The quantitative estimate of drug-likeness (QED) is 0.235. The number of rotatable bonds is 5. The summed E-state index contributed by atoms with van der Waals surface area (Å²) >= 11 is 19.2. The van der Waals surface area contributed by atoms with Gasteiger partial charge in [0.1, 0.15) is 17.6 Å². The summed E-state index contributed by atoms with van der Waals surface area (Å²) in [6, 6.07) is 21.5. The number of hydrogen-bond donors (Lipinski definition) is 1. The molecule has 4 atom stereocenters. The van der Waals surface area contributed by atoms with E-state index in [1.54, 1.807) is 6.20 Å². The van der Waals surface area contributed by atoms with Crippen molar-refractivity contribution in [2.24, 2.45) is 11.8 Å². The van der Waals surface area contributed by atoms with Gasteiger partial charge >= 0.3 is 0 Å². The number of thiocarbonyl (C=S) groups is 1. The van der Waals surface area contributed by atoms with Crippen molar-refractivity contribution >= 4 is 51.9 Å². The number of benzene rings is 2. The molecule has 2 aromatic heterocycles. The van der Waals surface area contributed by atoms with Gasteiger partial charge in [-0.3, -0.25) is 4.98 Å². The Morgan fingerprint density at radius 1 is 0.975 bits per heavy atom. The third-order valence-electron chi connectivity index (χ3n) is 7.90. The van der Waals surface area contributed by atoms with E-state index < -0.39 is 0 Å². The maximum absolute atomic E-state index is 6.97. The van der Waals surface area contributed by atoms with Crippen LogP contribution in [-0.2, 0) is 0 Å². The molecule has 0 saturated carbocycles. The van der Waals surface area contributed by atoms with Gasteiger partial charge in [0.25, 0.3) is 0 Å². The van der Waals surface area contributed by atoms with Crippen LogP contribution in [0, 0.1) is 18.8 Å². The normalized spacial score (nSPS) is 23.0. The molecule has 4 aromatic rings. The fourth-order valence-corrected chi connectivity index (χ4v) is 7.01. The summed E-state index contributed by atoms with van der Waals surface area (Å²) in [4.78, 5) is 9.16. The van der Waals surface area contributed by atoms with E-state index >= 15 is 0 Å². The highest BCUT2D eigenvalue weighted by Crippen LogP contribution is 2.45. The number of nitrogens with one attached hydrogen (secondary N) is 1. The molecule has 0 amide bonds. The number of piperidine rings is 1. The summed E-state index contributed by atoms with van der Waals surface area (Å²) in [5.41, 5.74) is 4.91. The van der Waals surface area contributed by atoms with Crippen LogP contribution in [-0.4, -0.2) is 23.2 Å². The zero-order valence-electron chi connectivity index (χ0n) is 22.8. The van der Waals surface area contributed by atoms with Crippen LogP contribution in [0.3, 0.4) is 0 Å². The molecule has 0 bridgehead atoms. The highest BCUT2D eigenvalue weighted by atomic mass is 35.5. The molecule has 0 spiro atoms. The van der Waals surface area contributed by atoms with E-state index in [2.05, 4.69) is 53.0 Å². The molecule has 0 aliphatic carbocycles. The summed E-state index contributed by atoms with van der Waals surface area (Å²) in [6.07, 6.45) is 3.05. The van der Waals surface area contributed by atoms with Crippen LogP contribution in [0.15, 0.2) is 77.3 Å². The van der Waals surface area contributed by atoms with Crippen LogP contribution < -0.4 is 15.1 Å². The number of aromatic nitrogens is 1. The number of hydrogen-bond acceptors (Lipinski definition) is 4. The highest BCUT2D eigenvalue weighted by molar-refractivity contribution is 7.80. The maximum Gasteiger partial charge on any atom is 0.174 e. The van der Waals surface area contributed by atoms with Crippen LogP contribution in [0.1, 0.15) is 49.4 Å². The van der Waals surface area contributed by atoms with Gasteiger partial charge < -0.3 is 19.5 Å². The lowest BCUT2D eigenvalue weighted by Crippen LogP contribution is -2.38. The van der Waals surface area contributed by atoms with Crippen LogP contribution in [0.4, 0.5) is 11.4 Å². The molecule has 4 heterocycles. The molecule has 5 nitrogen and oxygen atoms in total. The number of pyridine rings is 1. The van der Waals surface area contributed by atoms with Crippen molar-refractivity contribution in [2.75, 3.05) is 22.9 Å². The average Bonchev–Trinajstić information content (AvgIpc) is 3.54. The SMILES string of the molecule is Cc1ccc(Cl)cc1-c1ccc([C@@H]2[C@H](c3ccccn3)NC(=S)N2c2ccc(N3C[C@H](C)C[C@@H](C)C3)c(Cl)c2)o1. The standard InChI is InChI=1S/C32H32Cl2N4OS/c1-19-14-20(2)18-37(17-19)27-10-9-23(16-25(27)34)38-31(30(36-32(38)40)26-6-4-5-13-35-26)29-12-11-28(39-29)24-15-22(33)8-7-21(24)3/h4-13,15-16,19-20,30-31H,14,17-18H2,1-3H3,(H,36,40)/t19-,20-,30+,31-/m1/s1. The predicted molar refractivity (Wildman–Crippen MR) is 168 cm³/mol. The molecule has 2 aliphatic rings. The van der Waals surface area contributed by atoms with Gasteiger partial charge in [0.05, 0.1) is 22.4 Å². The topological polar surface area (TPSA) is 44.5 Å². The first-order chi connectivity index (χ1) is 19.3. The summed E-state index contributed by atoms with van der Waals surface area (Å²) < 4.78 is 6.55. The van der Waals surface area contributed by atoms with Crippen molar-refractivity contribution in [3.8, 4) is 11.3 Å². The monoisotopic (exact) mass is 590 g/mol. The highest BCUT2D eigenvalue weighted by Gasteiger charge is 2.43. The molecule has 8 heteroatoms. The number of furan rings is 1. The van der Waals surface area contributed by atoms with Crippen molar-refractivity contribution in [3.05, 3.63) is 100.0 Å². The fraction of sp³-hybridized carbons (Fsp3) is 0.312. The van der Waals surface area contributed by atoms with Crippen LogP contribution in [0.25, 0.3) is 11.3 Å². The lowest BCUT2D eigenvalue weighted by Gasteiger charge is -2.37. The maximum atomic E-state index is 6.97. The minimum absolute atomic E-state index is 0.213. The molecule has 2 saturated heterocycles. The van der Waals surface area contributed by atoms with E-state index in [0.29, 0.717) is 22.0 Å². The molecule has 0 unspecified atom stereocenters. The second-order valence-electron chi connectivity index (χ2n) is 11.1. The summed E-state index contributed by atoms with van der Waals surface area (Å²) in [5, 5.41) is 5.49. The first-order valence-corrected chi connectivity index (χ1v) is 14.9. The van der Waals surface area contributed by atoms with Gasteiger partial charge in [0.2, 0.25) is 0 Å². The van der Waals surface area contributed by atoms with Crippen molar-refractivity contribution < 1.29 is 4.42 Å². The Labute approximate surface area is 251 Å². The van der Waals surface area contributed by atoms with Gasteiger partial charge in [-0.15, -0.1) is 0 Å². The summed E-state index contributed by atoms with van der Waals surface area (Å²) in [7, 11) is 0. The molecular weight excluding hydrogens is 559 g/mol. The molecule has 2 aliphatic heterocycles. The number of halogens is 2. The lowest BCUT2D eigenvalue weighted by molar-refractivity contribution is 0.357. The fourth-order valence-electron chi connectivity index (χ4n) is 6.20. The molecule has 6 rings (SSSR count). The Morgan fingerprint density at radius 3 is 2.50 bits per heavy atom. The van der Waals surface area contributed by atoms with Gasteiger partial charge in [-0.25, -0.2) is 0 Å². The van der Waals surface area contributed by atoms with E-state index in [1.165, 1.54) is 6.42 Å². The van der Waals surface area contributed by atoms with E-state index in [0.717, 1.165) is 57.8 Å². The first kappa shape index (κ1) is 27.1. The predicted octanol–water partition coefficient (Wildman–Crippen LogP) is 8.62. The van der Waals surface area contributed by atoms with Crippen molar-refractivity contribution in [1.82, 2.24) is 10.3 Å². The van der Waals surface area contributed by atoms with Gasteiger partial charge in [0.15, 0.2) is 5.11 Å². The van der Waals surface area contributed by atoms with Crippen LogP contribution in [0.2, 0.25) is 10.0 Å². The van der Waals surface area contributed by atoms with Crippen LogP contribution >= 0.6 is 35.4 Å². The number of aryl methyl sites for hydroxylation is 1. The Kier molecular flexibility index (Phi) is 7.51. The van der Waals surface area contributed by atoms with Crippen molar-refractivity contribution in [2.45, 2.75) is 39.3 Å². The second kappa shape index (κ2) is 11.1. The van der Waals surface area contributed by atoms with Crippen LogP contribution in [0.5, 0.6) is 0 Å². The van der Waals surface area contributed by atoms with E-state index in [4.69, 9.17) is 39.8 Å². The lowest BCUT2D eigenvalue weighted by atomic mass is 9.91. The van der Waals surface area contributed by atoms with E-state index in [9.17, 15) is 0 Å². The summed E-state index contributed by atoms with van der Waals surface area (Å²) in [5.74, 6) is 2.80. The Bertz CT molecular complexity index is 1530. The molecule has 0 radical (unpaired) electrons. The smallest absolute Gasteiger partial charge is 0.174 e. The Hall–Kier alpha value is -3.06. The molecule has 206 valence electrons. The van der Waals surface area contributed by atoms with Crippen molar-refractivity contribution in [1.29, 1.82) is 0 Å². The second-order valence-corrected chi connectivity index (χ2v) is 12.4. The zero-order valence-corrected chi connectivity index (χ0v) is 25.1. The van der Waals surface area contributed by atoms with E-state index in [1.807, 2.05) is 54.6 Å². The minimum Gasteiger partial charge on any atom is -0.459 e. The third-order valence-corrected chi connectivity index (χ3v) is 8.75. The first-order valence-electron chi connectivity index (χ1n) is 13.7. The molecule has 2 aromatic carbocycles. The van der Waals surface area contributed by atoms with Gasteiger partial charge in [-0.05, 0) is 97.6 Å². The van der Waals surface area contributed by atoms with E-state index in [-0.39, 0.29) is 12.1 Å². The summed E-state index contributed by atoms with van der Waals surface area (Å²) in [6.45, 7) is 8.69. The number of nitrogens with zero attached hydrogens (tertiary/aromatic N) is 3. The Morgan fingerprint density at radius 2 is 1.77 bits per heavy atom. The molecule has 1 N–H and O–H groups in total.